The summed E-state index contributed by atoms with van der Waals surface area (Å²) < 4.78 is 17.1. The van der Waals surface area contributed by atoms with Gasteiger partial charge in [-0.1, -0.05) is 24.3 Å². The second-order valence-electron chi connectivity index (χ2n) is 9.28. The van der Waals surface area contributed by atoms with Gasteiger partial charge in [-0.3, -0.25) is 9.80 Å². The second kappa shape index (κ2) is 11.3. The normalized spacial score (nSPS) is 20.7. The summed E-state index contributed by atoms with van der Waals surface area (Å²) in [5.41, 5.74) is 2.87. The Labute approximate surface area is 187 Å². The van der Waals surface area contributed by atoms with Gasteiger partial charge >= 0.3 is 0 Å². The van der Waals surface area contributed by atoms with E-state index in [0.29, 0.717) is 12.7 Å². The molecule has 0 aliphatic carbocycles. The van der Waals surface area contributed by atoms with Crippen LogP contribution in [0.4, 0.5) is 0 Å². The summed E-state index contributed by atoms with van der Waals surface area (Å²) >= 11 is 0. The fourth-order valence-corrected chi connectivity index (χ4v) is 4.95. The fraction of sp³-hybridized carbons (Fsp3) is 0.615. The van der Waals surface area contributed by atoms with Crippen LogP contribution in [0.3, 0.4) is 0 Å². The molecule has 170 valence electrons. The first-order valence-corrected chi connectivity index (χ1v) is 11.9. The average Bonchev–Trinajstić information content (AvgIpc) is 3.44. The van der Waals surface area contributed by atoms with E-state index in [9.17, 15) is 0 Å². The Morgan fingerprint density at radius 1 is 1.03 bits per heavy atom. The highest BCUT2D eigenvalue weighted by molar-refractivity contribution is 5.25. The van der Waals surface area contributed by atoms with Crippen molar-refractivity contribution in [2.24, 2.45) is 5.92 Å². The lowest BCUT2D eigenvalue weighted by Crippen LogP contribution is -2.40. The number of piperidine rings is 1. The largest absolute Gasteiger partial charge is 0.462 e. The van der Waals surface area contributed by atoms with Gasteiger partial charge in [-0.2, -0.15) is 0 Å². The number of nitrogens with zero attached hydrogens (tertiary/aromatic N) is 2. The van der Waals surface area contributed by atoms with Crippen LogP contribution in [0.2, 0.25) is 0 Å². The van der Waals surface area contributed by atoms with Crippen molar-refractivity contribution in [2.75, 3.05) is 39.9 Å². The second-order valence-corrected chi connectivity index (χ2v) is 9.28. The van der Waals surface area contributed by atoms with Crippen molar-refractivity contribution in [1.29, 1.82) is 0 Å². The Morgan fingerprint density at radius 2 is 1.84 bits per heavy atom. The molecule has 31 heavy (non-hydrogen) atoms. The van der Waals surface area contributed by atoms with Gasteiger partial charge in [0.1, 0.15) is 18.1 Å². The van der Waals surface area contributed by atoms with Crippen LogP contribution in [0.5, 0.6) is 0 Å². The van der Waals surface area contributed by atoms with Gasteiger partial charge in [0.2, 0.25) is 0 Å². The lowest BCUT2D eigenvalue weighted by Gasteiger charge is -2.35. The van der Waals surface area contributed by atoms with Gasteiger partial charge in [0.05, 0.1) is 12.6 Å². The first kappa shape index (κ1) is 22.5. The summed E-state index contributed by atoms with van der Waals surface area (Å²) in [6.45, 7) is 10.1. The SMILES string of the molecule is COCc1ccc(CN(CC2CCN(Cc3ccccc3C)CC2)C[C@H]2CCCO2)o1. The zero-order valence-electron chi connectivity index (χ0n) is 19.2. The van der Waals surface area contributed by atoms with Crippen LogP contribution in [-0.2, 0) is 29.2 Å². The zero-order valence-corrected chi connectivity index (χ0v) is 19.2. The van der Waals surface area contributed by atoms with Crippen LogP contribution < -0.4 is 0 Å². The smallest absolute Gasteiger partial charge is 0.129 e. The van der Waals surface area contributed by atoms with E-state index in [-0.39, 0.29) is 0 Å². The van der Waals surface area contributed by atoms with Crippen LogP contribution in [0, 0.1) is 12.8 Å². The number of methoxy groups -OCH3 is 1. The topological polar surface area (TPSA) is 38.1 Å². The van der Waals surface area contributed by atoms with Crippen molar-refractivity contribution in [3.8, 4) is 0 Å². The highest BCUT2D eigenvalue weighted by atomic mass is 16.5. The van der Waals surface area contributed by atoms with Crippen LogP contribution in [0.15, 0.2) is 40.8 Å². The van der Waals surface area contributed by atoms with Gasteiger partial charge in [0.25, 0.3) is 0 Å². The standard InChI is InChI=1S/C26H38N2O3/c1-21-6-3-4-7-23(21)17-27-13-11-22(12-14-27)16-28(18-24-8-5-15-30-24)19-25-9-10-26(31-25)20-29-2/h3-4,6-7,9-10,22,24H,5,8,11-20H2,1-2H3/t24-/m1/s1. The van der Waals surface area contributed by atoms with Crippen molar-refractivity contribution >= 4 is 0 Å². The molecule has 2 aliphatic heterocycles. The van der Waals surface area contributed by atoms with E-state index in [0.717, 1.165) is 50.2 Å². The third kappa shape index (κ3) is 6.66. The minimum Gasteiger partial charge on any atom is -0.462 e. The Hall–Kier alpha value is -1.66. The number of benzene rings is 1. The maximum absolute atomic E-state index is 5.99. The van der Waals surface area contributed by atoms with Crippen molar-refractivity contribution in [2.45, 2.75) is 58.4 Å². The summed E-state index contributed by atoms with van der Waals surface area (Å²) in [5, 5.41) is 0. The molecule has 0 saturated carbocycles. The molecule has 0 N–H and O–H groups in total. The molecule has 0 bridgehead atoms. The molecule has 0 radical (unpaired) electrons. The molecule has 1 aromatic carbocycles. The number of hydrogen-bond donors (Lipinski definition) is 0. The molecule has 0 amide bonds. The van der Waals surface area contributed by atoms with E-state index in [1.165, 1.54) is 49.9 Å². The molecule has 1 atom stereocenters. The third-order valence-electron chi connectivity index (χ3n) is 6.75. The quantitative estimate of drug-likeness (QED) is 0.554. The maximum atomic E-state index is 5.99. The first-order chi connectivity index (χ1) is 15.2. The predicted octanol–water partition coefficient (Wildman–Crippen LogP) is 4.63. The summed E-state index contributed by atoms with van der Waals surface area (Å²) in [6, 6.07) is 12.9. The molecule has 5 nitrogen and oxygen atoms in total. The minimum absolute atomic E-state index is 0.370. The Morgan fingerprint density at radius 3 is 2.58 bits per heavy atom. The van der Waals surface area contributed by atoms with Gasteiger partial charge < -0.3 is 13.9 Å². The number of likely N-dealkylation sites (tertiary alicyclic amines) is 1. The summed E-state index contributed by atoms with van der Waals surface area (Å²) in [5.74, 6) is 2.67. The lowest BCUT2D eigenvalue weighted by molar-refractivity contribution is 0.0539. The summed E-state index contributed by atoms with van der Waals surface area (Å²) in [4.78, 5) is 5.18. The number of ether oxygens (including phenoxy) is 2. The van der Waals surface area contributed by atoms with Crippen LogP contribution >= 0.6 is 0 Å². The summed E-state index contributed by atoms with van der Waals surface area (Å²) in [7, 11) is 1.71. The molecule has 2 aromatic rings. The fourth-order valence-electron chi connectivity index (χ4n) is 4.95. The van der Waals surface area contributed by atoms with Crippen molar-refractivity contribution in [3.05, 3.63) is 59.0 Å². The van der Waals surface area contributed by atoms with Gasteiger partial charge in [-0.25, -0.2) is 0 Å². The molecule has 5 heteroatoms. The molecule has 2 aliphatic rings. The molecule has 3 heterocycles. The average molecular weight is 427 g/mol. The zero-order chi connectivity index (χ0) is 21.5. The minimum atomic E-state index is 0.370. The van der Waals surface area contributed by atoms with E-state index in [2.05, 4.69) is 47.1 Å². The van der Waals surface area contributed by atoms with Gasteiger partial charge in [0, 0.05) is 33.4 Å². The molecule has 0 spiro atoms. The van der Waals surface area contributed by atoms with Crippen LogP contribution in [-0.4, -0.2) is 55.8 Å². The highest BCUT2D eigenvalue weighted by Crippen LogP contribution is 2.24. The molecule has 0 unspecified atom stereocenters. The Balaban J connectivity index is 1.30. The number of rotatable bonds is 10. The summed E-state index contributed by atoms with van der Waals surface area (Å²) in [6.07, 6.45) is 5.27. The number of hydrogen-bond acceptors (Lipinski definition) is 5. The molecule has 2 fully saturated rings. The third-order valence-corrected chi connectivity index (χ3v) is 6.75. The van der Waals surface area contributed by atoms with Gasteiger partial charge in [-0.15, -0.1) is 0 Å². The first-order valence-electron chi connectivity index (χ1n) is 11.9. The maximum Gasteiger partial charge on any atom is 0.129 e. The van der Waals surface area contributed by atoms with E-state index >= 15 is 0 Å². The van der Waals surface area contributed by atoms with Crippen LogP contribution in [0.1, 0.15) is 48.3 Å². The number of aryl methyl sites for hydroxylation is 1. The predicted molar refractivity (Wildman–Crippen MR) is 123 cm³/mol. The highest BCUT2D eigenvalue weighted by Gasteiger charge is 2.25. The van der Waals surface area contributed by atoms with E-state index < -0.39 is 0 Å². The molecule has 4 rings (SSSR count). The monoisotopic (exact) mass is 426 g/mol. The number of furan rings is 1. The Bertz CT molecular complexity index is 791. The van der Waals surface area contributed by atoms with Crippen molar-refractivity contribution in [1.82, 2.24) is 9.80 Å². The molecular weight excluding hydrogens is 388 g/mol. The van der Waals surface area contributed by atoms with Crippen molar-refractivity contribution in [3.63, 3.8) is 0 Å². The van der Waals surface area contributed by atoms with Gasteiger partial charge in [-0.05, 0) is 74.9 Å². The van der Waals surface area contributed by atoms with Crippen LogP contribution in [0.25, 0.3) is 0 Å². The molecule has 2 saturated heterocycles. The van der Waals surface area contributed by atoms with E-state index in [1.54, 1.807) is 7.11 Å². The van der Waals surface area contributed by atoms with Crippen molar-refractivity contribution < 1.29 is 13.9 Å². The van der Waals surface area contributed by atoms with E-state index in [1.807, 2.05) is 6.07 Å². The Kier molecular flexibility index (Phi) is 8.20. The van der Waals surface area contributed by atoms with E-state index in [4.69, 9.17) is 13.9 Å². The lowest BCUT2D eigenvalue weighted by atomic mass is 9.95. The molecule has 1 aromatic heterocycles. The molecular formula is C26H38N2O3. The van der Waals surface area contributed by atoms with Gasteiger partial charge in [0.15, 0.2) is 0 Å².